The molecule has 0 spiro atoms. The third-order valence-corrected chi connectivity index (χ3v) is 5.04. The van der Waals surface area contributed by atoms with E-state index in [0.29, 0.717) is 17.9 Å². The van der Waals surface area contributed by atoms with Gasteiger partial charge in [0.15, 0.2) is 0 Å². The summed E-state index contributed by atoms with van der Waals surface area (Å²) in [5.74, 6) is 1.28. The van der Waals surface area contributed by atoms with Crippen LogP contribution in [0.2, 0.25) is 0 Å². The zero-order valence-electron chi connectivity index (χ0n) is 11.6. The Bertz CT molecular complexity index is 454. The predicted molar refractivity (Wildman–Crippen MR) is 81.8 cm³/mol. The van der Waals surface area contributed by atoms with Crippen molar-refractivity contribution in [2.45, 2.75) is 37.8 Å². The van der Waals surface area contributed by atoms with Crippen molar-refractivity contribution < 1.29 is 9.00 Å². The lowest BCUT2D eigenvalue weighted by Crippen LogP contribution is -2.47. The first-order valence-electron chi connectivity index (χ1n) is 7.10. The molecule has 1 heterocycles. The molecular weight excluding hydrogens is 272 g/mol. The number of aryl methyl sites for hydroxylation is 1. The lowest BCUT2D eigenvalue weighted by atomic mass is 10.0. The molecule has 0 saturated carbocycles. The van der Waals surface area contributed by atoms with E-state index in [1.807, 2.05) is 30.3 Å². The van der Waals surface area contributed by atoms with E-state index in [1.165, 1.54) is 5.56 Å². The van der Waals surface area contributed by atoms with Gasteiger partial charge in [0.2, 0.25) is 5.91 Å². The Morgan fingerprint density at radius 3 is 2.60 bits per heavy atom. The topological polar surface area (TPSA) is 72.2 Å². The molecule has 1 aliphatic rings. The largest absolute Gasteiger partial charge is 0.352 e. The van der Waals surface area contributed by atoms with Gasteiger partial charge in [0.25, 0.3) is 0 Å². The molecule has 0 aliphatic carbocycles. The Balaban J connectivity index is 1.73. The van der Waals surface area contributed by atoms with Crippen LogP contribution in [0.25, 0.3) is 0 Å². The number of hydrogen-bond donors (Lipinski definition) is 2. The highest BCUT2D eigenvalue weighted by atomic mass is 32.2. The number of nitrogens with two attached hydrogens (primary N) is 1. The van der Waals surface area contributed by atoms with E-state index in [-0.39, 0.29) is 11.9 Å². The second-order valence-corrected chi connectivity index (χ2v) is 6.96. The van der Waals surface area contributed by atoms with Crippen LogP contribution >= 0.6 is 0 Å². The molecule has 1 aromatic carbocycles. The number of hydrogen-bond acceptors (Lipinski definition) is 3. The van der Waals surface area contributed by atoms with Crippen LogP contribution in [0.15, 0.2) is 30.3 Å². The van der Waals surface area contributed by atoms with Gasteiger partial charge in [-0.25, -0.2) is 0 Å². The molecule has 4 nitrogen and oxygen atoms in total. The van der Waals surface area contributed by atoms with Gasteiger partial charge in [-0.15, -0.1) is 0 Å². The second-order valence-electron chi connectivity index (χ2n) is 5.26. The van der Waals surface area contributed by atoms with Crippen molar-refractivity contribution in [1.29, 1.82) is 0 Å². The van der Waals surface area contributed by atoms with Gasteiger partial charge in [-0.1, -0.05) is 30.3 Å². The van der Waals surface area contributed by atoms with Gasteiger partial charge in [-0.3, -0.25) is 9.00 Å². The van der Waals surface area contributed by atoms with Crippen LogP contribution in [0.4, 0.5) is 0 Å². The van der Waals surface area contributed by atoms with Gasteiger partial charge in [0, 0.05) is 28.3 Å². The highest BCUT2D eigenvalue weighted by Gasteiger charge is 2.22. The van der Waals surface area contributed by atoms with Gasteiger partial charge in [-0.05, 0) is 31.2 Å². The first-order valence-corrected chi connectivity index (χ1v) is 8.59. The minimum absolute atomic E-state index is 0.0846. The van der Waals surface area contributed by atoms with Crippen molar-refractivity contribution in [2.75, 3.05) is 11.5 Å². The molecule has 110 valence electrons. The second kappa shape index (κ2) is 7.55. The average molecular weight is 294 g/mol. The van der Waals surface area contributed by atoms with E-state index in [0.717, 1.165) is 19.3 Å². The molecule has 1 amide bonds. The maximum atomic E-state index is 12.0. The number of amides is 1. The van der Waals surface area contributed by atoms with Crippen LogP contribution in [0, 0.1) is 0 Å². The molecule has 3 N–H and O–H groups in total. The predicted octanol–water partition coefficient (Wildman–Crippen LogP) is 0.974. The minimum Gasteiger partial charge on any atom is -0.352 e. The maximum absolute atomic E-state index is 12.0. The summed E-state index contributed by atoms with van der Waals surface area (Å²) >= 11 is 0. The van der Waals surface area contributed by atoms with Crippen LogP contribution in [-0.4, -0.2) is 33.7 Å². The third-order valence-electron chi connectivity index (χ3n) is 3.66. The van der Waals surface area contributed by atoms with Crippen molar-refractivity contribution in [3.05, 3.63) is 35.9 Å². The van der Waals surface area contributed by atoms with Gasteiger partial charge in [0.05, 0.1) is 6.04 Å². The number of benzene rings is 1. The van der Waals surface area contributed by atoms with Crippen LogP contribution < -0.4 is 11.1 Å². The third kappa shape index (κ3) is 4.72. The smallest absolute Gasteiger partial charge is 0.237 e. The fourth-order valence-corrected chi connectivity index (χ4v) is 3.64. The van der Waals surface area contributed by atoms with Crippen molar-refractivity contribution in [3.63, 3.8) is 0 Å². The summed E-state index contributed by atoms with van der Waals surface area (Å²) in [4.78, 5) is 12.0. The normalized spacial score (nSPS) is 24.1. The number of carbonyl (C=O) groups excluding carboxylic acids is 1. The average Bonchev–Trinajstić information content (AvgIpc) is 2.48. The summed E-state index contributed by atoms with van der Waals surface area (Å²) in [6, 6.07) is 9.71. The molecule has 0 aromatic heterocycles. The minimum atomic E-state index is -0.697. The number of carbonyl (C=O) groups is 1. The van der Waals surface area contributed by atoms with E-state index in [1.54, 1.807) is 0 Å². The van der Waals surface area contributed by atoms with Crippen molar-refractivity contribution in [2.24, 2.45) is 5.73 Å². The van der Waals surface area contributed by atoms with Gasteiger partial charge >= 0.3 is 0 Å². The zero-order chi connectivity index (χ0) is 14.4. The summed E-state index contributed by atoms with van der Waals surface area (Å²) in [6.45, 7) is 0. The highest BCUT2D eigenvalue weighted by molar-refractivity contribution is 7.85. The fraction of sp³-hybridized carbons (Fsp3) is 0.533. The molecule has 0 bridgehead atoms. The van der Waals surface area contributed by atoms with Crippen LogP contribution in [0.1, 0.15) is 24.8 Å². The first-order chi connectivity index (χ1) is 9.65. The zero-order valence-corrected chi connectivity index (χ0v) is 12.4. The molecule has 1 atom stereocenters. The lowest BCUT2D eigenvalue weighted by Gasteiger charge is -2.24. The van der Waals surface area contributed by atoms with E-state index in [4.69, 9.17) is 5.73 Å². The van der Waals surface area contributed by atoms with Gasteiger partial charge < -0.3 is 11.1 Å². The van der Waals surface area contributed by atoms with Crippen molar-refractivity contribution in [3.8, 4) is 0 Å². The first kappa shape index (κ1) is 15.2. The van der Waals surface area contributed by atoms with Crippen molar-refractivity contribution in [1.82, 2.24) is 5.32 Å². The lowest BCUT2D eigenvalue weighted by molar-refractivity contribution is -0.123. The Morgan fingerprint density at radius 1 is 1.30 bits per heavy atom. The van der Waals surface area contributed by atoms with Crippen molar-refractivity contribution >= 4 is 16.7 Å². The number of rotatable bonds is 5. The van der Waals surface area contributed by atoms with E-state index < -0.39 is 16.8 Å². The Hall–Kier alpha value is -1.20. The summed E-state index contributed by atoms with van der Waals surface area (Å²) in [5.41, 5.74) is 7.14. The molecule has 0 radical (unpaired) electrons. The molecule has 5 heteroatoms. The van der Waals surface area contributed by atoms with Crippen LogP contribution in [-0.2, 0) is 22.0 Å². The van der Waals surface area contributed by atoms with E-state index in [9.17, 15) is 9.00 Å². The maximum Gasteiger partial charge on any atom is 0.237 e. The molecule has 1 unspecified atom stereocenters. The molecule has 1 fully saturated rings. The van der Waals surface area contributed by atoms with Crippen LogP contribution in [0.3, 0.4) is 0 Å². The SMILES string of the molecule is NC(CCc1ccccc1)C(=O)NC1CCS(=O)CC1. The standard InChI is InChI=1S/C15H22N2O2S/c16-14(7-6-12-4-2-1-3-5-12)15(18)17-13-8-10-20(19)11-9-13/h1-5,13-14H,6-11,16H2,(H,17,18). The molecular formula is C15H22N2O2S. The molecule has 2 rings (SSSR count). The van der Waals surface area contributed by atoms with E-state index >= 15 is 0 Å². The Kier molecular flexibility index (Phi) is 5.73. The van der Waals surface area contributed by atoms with Gasteiger partial charge in [0.1, 0.15) is 0 Å². The summed E-state index contributed by atoms with van der Waals surface area (Å²) < 4.78 is 11.3. The quantitative estimate of drug-likeness (QED) is 0.850. The Morgan fingerprint density at radius 2 is 1.95 bits per heavy atom. The summed E-state index contributed by atoms with van der Waals surface area (Å²) in [7, 11) is -0.697. The molecule has 20 heavy (non-hydrogen) atoms. The van der Waals surface area contributed by atoms with Gasteiger partial charge in [-0.2, -0.15) is 0 Å². The molecule has 1 aromatic rings. The monoisotopic (exact) mass is 294 g/mol. The molecule has 1 aliphatic heterocycles. The summed E-state index contributed by atoms with van der Waals surface area (Å²) in [5, 5.41) is 2.98. The number of nitrogens with one attached hydrogen (secondary N) is 1. The Labute approximate surface area is 122 Å². The molecule has 1 saturated heterocycles. The fourth-order valence-electron chi connectivity index (χ4n) is 2.34. The highest BCUT2D eigenvalue weighted by Crippen LogP contribution is 2.10. The summed E-state index contributed by atoms with van der Waals surface area (Å²) in [6.07, 6.45) is 3.05. The van der Waals surface area contributed by atoms with E-state index in [2.05, 4.69) is 5.32 Å². The van der Waals surface area contributed by atoms with Crippen LogP contribution in [0.5, 0.6) is 0 Å².